The zero-order chi connectivity index (χ0) is 24.1. The second-order valence-corrected chi connectivity index (χ2v) is 9.03. The minimum atomic E-state index is -0.126. The monoisotopic (exact) mass is 465 g/mol. The third kappa shape index (κ3) is 5.40. The molecule has 2 aromatic carbocycles. The minimum Gasteiger partial charge on any atom is -0.507 e. The zero-order valence-corrected chi connectivity index (χ0v) is 20.3. The molecule has 0 bridgehead atoms. The second-order valence-electron chi connectivity index (χ2n) is 8.72. The fourth-order valence-corrected chi connectivity index (χ4v) is 4.55. The molecule has 2 aliphatic rings. The summed E-state index contributed by atoms with van der Waals surface area (Å²) in [6, 6.07) is 9.30. The number of phenolic OH excluding ortho intramolecular Hbond substituents is 1. The predicted molar refractivity (Wildman–Crippen MR) is 138 cm³/mol. The number of aliphatic hydroxyl groups excluding tert-OH is 1. The second kappa shape index (κ2) is 10.9. The first-order chi connectivity index (χ1) is 15.8. The highest BCUT2D eigenvalue weighted by molar-refractivity contribution is 6.19. The van der Waals surface area contributed by atoms with Crippen LogP contribution in [0.3, 0.4) is 0 Å². The first-order valence-electron chi connectivity index (χ1n) is 11.2. The Balaban J connectivity index is 0.000000218. The Morgan fingerprint density at radius 3 is 2.58 bits per heavy atom. The van der Waals surface area contributed by atoms with Gasteiger partial charge in [0, 0.05) is 42.0 Å². The molecule has 0 unspecified atom stereocenters. The van der Waals surface area contributed by atoms with Gasteiger partial charge in [0.1, 0.15) is 5.75 Å². The van der Waals surface area contributed by atoms with E-state index in [0.717, 1.165) is 34.9 Å². The predicted octanol–water partition coefficient (Wildman–Crippen LogP) is 6.38. The Kier molecular flexibility index (Phi) is 8.17. The number of carbonyl (C=O) groups excluding carboxylic acids is 1. The van der Waals surface area contributed by atoms with Crippen molar-refractivity contribution in [3.8, 4) is 5.75 Å². The van der Waals surface area contributed by atoms with Crippen LogP contribution in [0.15, 0.2) is 77.4 Å². The summed E-state index contributed by atoms with van der Waals surface area (Å²) < 4.78 is 0. The summed E-state index contributed by atoms with van der Waals surface area (Å²) in [6.07, 6.45) is 8.11. The highest BCUT2D eigenvalue weighted by Gasteiger charge is 2.34. The number of aliphatic hydroxyl groups is 1. The molecular weight excluding hydrogens is 434 g/mol. The summed E-state index contributed by atoms with van der Waals surface area (Å²) >= 11 is 6.10. The van der Waals surface area contributed by atoms with E-state index in [4.69, 9.17) is 16.7 Å². The van der Waals surface area contributed by atoms with E-state index in [0.29, 0.717) is 18.0 Å². The SMILES string of the molecule is C=C(C)C(=O)N1C[C@@H](CCl)c2c1cc(O)c1ccccc21.CC1=C(C)CC(CCO)=CC=C1. The Hall–Kier alpha value is -2.82. The number of phenols is 1. The highest BCUT2D eigenvalue weighted by atomic mass is 35.5. The van der Waals surface area contributed by atoms with E-state index >= 15 is 0 Å². The number of nitrogens with zero attached hydrogens (tertiary/aromatic N) is 1. The third-order valence-electron chi connectivity index (χ3n) is 6.22. The van der Waals surface area contributed by atoms with Crippen LogP contribution in [0.2, 0.25) is 0 Å². The topological polar surface area (TPSA) is 60.8 Å². The maximum atomic E-state index is 12.3. The minimum absolute atomic E-state index is 0.0652. The molecule has 0 saturated heterocycles. The average molecular weight is 466 g/mol. The number of rotatable bonds is 4. The van der Waals surface area contributed by atoms with Crippen LogP contribution in [0.4, 0.5) is 5.69 Å². The van der Waals surface area contributed by atoms with Gasteiger partial charge in [-0.25, -0.2) is 0 Å². The van der Waals surface area contributed by atoms with Crippen molar-refractivity contribution < 1.29 is 15.0 Å². The molecule has 2 aromatic rings. The summed E-state index contributed by atoms with van der Waals surface area (Å²) in [5.41, 5.74) is 6.33. The Morgan fingerprint density at radius 2 is 1.94 bits per heavy atom. The van der Waals surface area contributed by atoms with E-state index in [1.54, 1.807) is 17.9 Å². The van der Waals surface area contributed by atoms with Crippen LogP contribution in [0.5, 0.6) is 5.75 Å². The number of halogens is 1. The normalized spacial score (nSPS) is 17.3. The van der Waals surface area contributed by atoms with Crippen molar-refractivity contribution in [1.82, 2.24) is 0 Å². The van der Waals surface area contributed by atoms with E-state index in [1.807, 2.05) is 24.3 Å². The van der Waals surface area contributed by atoms with Crippen LogP contribution in [0, 0.1) is 0 Å². The highest BCUT2D eigenvalue weighted by Crippen LogP contribution is 2.45. The van der Waals surface area contributed by atoms with Crippen molar-refractivity contribution in [1.29, 1.82) is 0 Å². The molecule has 174 valence electrons. The van der Waals surface area contributed by atoms with Crippen LogP contribution in [-0.2, 0) is 4.79 Å². The summed E-state index contributed by atoms with van der Waals surface area (Å²) in [7, 11) is 0. The van der Waals surface area contributed by atoms with Crippen molar-refractivity contribution in [2.45, 2.75) is 39.5 Å². The summed E-state index contributed by atoms with van der Waals surface area (Å²) in [5, 5.41) is 20.8. The number of benzene rings is 2. The number of alkyl halides is 1. The van der Waals surface area contributed by atoms with E-state index in [1.165, 1.54) is 16.7 Å². The van der Waals surface area contributed by atoms with Gasteiger partial charge in [0.15, 0.2) is 0 Å². The van der Waals surface area contributed by atoms with Crippen molar-refractivity contribution >= 4 is 34.0 Å². The van der Waals surface area contributed by atoms with Crippen LogP contribution < -0.4 is 4.90 Å². The van der Waals surface area contributed by atoms with Crippen LogP contribution in [-0.4, -0.2) is 35.2 Å². The molecule has 4 nitrogen and oxygen atoms in total. The quantitative estimate of drug-likeness (QED) is 0.406. The standard InChI is InChI=1S/C17H16ClNO2.C11H16O/c1-10(2)17(21)19-9-11(8-18)16-13-6-4-3-5-12(13)15(20)7-14(16)19;1-9-4-3-5-11(6-7-12)8-10(9)2/h3-7,11,20H,1,8-9H2,2H3;3-5,12H,6-8H2,1-2H3/t11-;/m1./s1. The molecule has 0 spiro atoms. The molecule has 0 saturated carbocycles. The molecule has 2 N–H and O–H groups in total. The van der Waals surface area contributed by atoms with Gasteiger partial charge in [-0.3, -0.25) is 4.79 Å². The fourth-order valence-electron chi connectivity index (χ4n) is 4.30. The molecule has 1 amide bonds. The molecule has 0 aromatic heterocycles. The molecule has 0 fully saturated rings. The van der Waals surface area contributed by atoms with E-state index < -0.39 is 0 Å². The molecule has 33 heavy (non-hydrogen) atoms. The number of fused-ring (bicyclic) bond motifs is 3. The van der Waals surface area contributed by atoms with Crippen LogP contribution in [0.25, 0.3) is 10.8 Å². The Bertz CT molecular complexity index is 1160. The molecular formula is C28H32ClNO3. The maximum absolute atomic E-state index is 12.3. The number of allylic oxidation sites excluding steroid dienone is 5. The van der Waals surface area contributed by atoms with Gasteiger partial charge in [0.2, 0.25) is 0 Å². The van der Waals surface area contributed by atoms with E-state index in [2.05, 4.69) is 38.7 Å². The van der Waals surface area contributed by atoms with Gasteiger partial charge >= 0.3 is 0 Å². The first-order valence-corrected chi connectivity index (χ1v) is 11.7. The number of amides is 1. The first kappa shape index (κ1) is 24.8. The fraction of sp³-hybridized carbons (Fsp3) is 0.321. The lowest BCUT2D eigenvalue weighted by atomic mass is 9.95. The van der Waals surface area contributed by atoms with Crippen LogP contribution >= 0.6 is 11.6 Å². The molecule has 4 rings (SSSR count). The van der Waals surface area contributed by atoms with Crippen LogP contribution in [0.1, 0.15) is 45.1 Å². The zero-order valence-electron chi connectivity index (χ0n) is 19.6. The van der Waals surface area contributed by atoms with Gasteiger partial charge in [0.05, 0.1) is 5.69 Å². The molecule has 1 aliphatic heterocycles. The Labute approximate surface area is 201 Å². The van der Waals surface area contributed by atoms with Crippen molar-refractivity contribution in [3.63, 3.8) is 0 Å². The van der Waals surface area contributed by atoms with Crippen molar-refractivity contribution in [2.75, 3.05) is 23.9 Å². The van der Waals surface area contributed by atoms with E-state index in [9.17, 15) is 9.90 Å². The number of hydrogen-bond acceptors (Lipinski definition) is 3. The summed E-state index contributed by atoms with van der Waals surface area (Å²) in [4.78, 5) is 14.0. The molecule has 1 atom stereocenters. The summed E-state index contributed by atoms with van der Waals surface area (Å²) in [6.45, 7) is 10.5. The van der Waals surface area contributed by atoms with Gasteiger partial charge in [-0.05, 0) is 44.6 Å². The van der Waals surface area contributed by atoms with Gasteiger partial charge in [-0.15, -0.1) is 11.6 Å². The lowest BCUT2D eigenvalue weighted by molar-refractivity contribution is -0.115. The lowest BCUT2D eigenvalue weighted by Gasteiger charge is -2.18. The van der Waals surface area contributed by atoms with Crippen molar-refractivity contribution in [2.24, 2.45) is 0 Å². The summed E-state index contributed by atoms with van der Waals surface area (Å²) in [5.74, 6) is 0.551. The Morgan fingerprint density at radius 1 is 1.24 bits per heavy atom. The molecule has 1 heterocycles. The maximum Gasteiger partial charge on any atom is 0.253 e. The largest absolute Gasteiger partial charge is 0.507 e. The smallest absolute Gasteiger partial charge is 0.253 e. The number of carbonyl (C=O) groups is 1. The number of hydrogen-bond donors (Lipinski definition) is 2. The molecule has 1 aliphatic carbocycles. The third-order valence-corrected chi connectivity index (χ3v) is 6.59. The van der Waals surface area contributed by atoms with E-state index in [-0.39, 0.29) is 24.2 Å². The number of anilines is 1. The number of aromatic hydroxyl groups is 1. The lowest BCUT2D eigenvalue weighted by Crippen LogP contribution is -2.30. The average Bonchev–Trinajstić information content (AvgIpc) is 3.09. The van der Waals surface area contributed by atoms with Gasteiger partial charge in [-0.1, -0.05) is 65.8 Å². The van der Waals surface area contributed by atoms with Gasteiger partial charge < -0.3 is 15.1 Å². The van der Waals surface area contributed by atoms with Crippen molar-refractivity contribution in [3.05, 3.63) is 83.0 Å². The molecule has 5 heteroatoms. The van der Waals surface area contributed by atoms with Gasteiger partial charge in [0.25, 0.3) is 5.91 Å². The van der Waals surface area contributed by atoms with Gasteiger partial charge in [-0.2, -0.15) is 0 Å². The molecule has 0 radical (unpaired) electrons.